The number of carbonyl (C=O) groups excluding carboxylic acids is 1. The molecule has 0 saturated carbocycles. The van der Waals surface area contributed by atoms with Crippen LogP contribution in [-0.2, 0) is 22.4 Å². The third-order valence-electron chi connectivity index (χ3n) is 3.15. The van der Waals surface area contributed by atoms with Gasteiger partial charge in [-0.25, -0.2) is 0 Å². The Morgan fingerprint density at radius 1 is 1.33 bits per heavy atom. The Morgan fingerprint density at radius 3 is 2.27 bits per heavy atom. The molecule has 0 heterocycles. The van der Waals surface area contributed by atoms with Crippen molar-refractivity contribution in [1.82, 2.24) is 0 Å². The standard InChI is InChI=1S/C13H16O2/c1-3-13(15-10(2)14)8-11-6-4-5-7-12(11)9-13/h4-7H,3,8-9H2,1-2H3. The summed E-state index contributed by atoms with van der Waals surface area (Å²) in [5, 5.41) is 0. The van der Waals surface area contributed by atoms with Crippen LogP contribution in [0.1, 0.15) is 31.4 Å². The summed E-state index contributed by atoms with van der Waals surface area (Å²) in [6, 6.07) is 8.32. The van der Waals surface area contributed by atoms with Gasteiger partial charge in [-0.15, -0.1) is 0 Å². The highest BCUT2D eigenvalue weighted by atomic mass is 16.6. The average molecular weight is 204 g/mol. The molecule has 0 aromatic heterocycles. The van der Waals surface area contributed by atoms with Gasteiger partial charge in [0.05, 0.1) is 0 Å². The first-order valence-corrected chi connectivity index (χ1v) is 5.41. The largest absolute Gasteiger partial charge is 0.459 e. The summed E-state index contributed by atoms with van der Waals surface area (Å²) in [5.74, 6) is -0.176. The topological polar surface area (TPSA) is 26.3 Å². The summed E-state index contributed by atoms with van der Waals surface area (Å²) in [6.07, 6.45) is 2.60. The van der Waals surface area contributed by atoms with Crippen LogP contribution in [-0.4, -0.2) is 11.6 Å². The van der Waals surface area contributed by atoms with Crippen molar-refractivity contribution in [2.24, 2.45) is 0 Å². The molecular formula is C13H16O2. The van der Waals surface area contributed by atoms with Gasteiger partial charge in [0.2, 0.25) is 0 Å². The van der Waals surface area contributed by atoms with E-state index in [0.29, 0.717) is 0 Å². The van der Waals surface area contributed by atoms with Crippen LogP contribution in [0, 0.1) is 0 Å². The molecule has 1 aromatic rings. The number of esters is 1. The summed E-state index contributed by atoms with van der Waals surface area (Å²) >= 11 is 0. The molecule has 0 aliphatic heterocycles. The molecular weight excluding hydrogens is 188 g/mol. The lowest BCUT2D eigenvalue weighted by Gasteiger charge is -2.26. The van der Waals surface area contributed by atoms with Gasteiger partial charge in [0.15, 0.2) is 0 Å². The van der Waals surface area contributed by atoms with Crippen molar-refractivity contribution >= 4 is 5.97 Å². The first kappa shape index (κ1) is 10.2. The van der Waals surface area contributed by atoms with Gasteiger partial charge >= 0.3 is 5.97 Å². The molecule has 15 heavy (non-hydrogen) atoms. The molecule has 0 radical (unpaired) electrons. The lowest BCUT2D eigenvalue weighted by Crippen LogP contribution is -2.34. The summed E-state index contributed by atoms with van der Waals surface area (Å²) in [4.78, 5) is 11.1. The zero-order valence-electron chi connectivity index (χ0n) is 9.25. The van der Waals surface area contributed by atoms with E-state index in [0.717, 1.165) is 19.3 Å². The fourth-order valence-electron chi connectivity index (χ4n) is 2.36. The minimum atomic E-state index is -0.282. The molecule has 0 unspecified atom stereocenters. The molecule has 0 bridgehead atoms. The van der Waals surface area contributed by atoms with Crippen LogP contribution in [0.25, 0.3) is 0 Å². The summed E-state index contributed by atoms with van der Waals surface area (Å²) < 4.78 is 5.49. The van der Waals surface area contributed by atoms with E-state index >= 15 is 0 Å². The van der Waals surface area contributed by atoms with E-state index < -0.39 is 0 Å². The average Bonchev–Trinajstić information content (AvgIpc) is 2.55. The molecule has 0 amide bonds. The highest BCUT2D eigenvalue weighted by Crippen LogP contribution is 2.35. The third-order valence-corrected chi connectivity index (χ3v) is 3.15. The van der Waals surface area contributed by atoms with E-state index in [-0.39, 0.29) is 11.6 Å². The Labute approximate surface area is 90.3 Å². The molecule has 0 spiro atoms. The summed E-state index contributed by atoms with van der Waals surface area (Å²) in [7, 11) is 0. The van der Waals surface area contributed by atoms with Crippen LogP contribution in [0.5, 0.6) is 0 Å². The van der Waals surface area contributed by atoms with E-state index in [1.54, 1.807) is 0 Å². The monoisotopic (exact) mass is 204 g/mol. The minimum Gasteiger partial charge on any atom is -0.459 e. The number of carbonyl (C=O) groups is 1. The lowest BCUT2D eigenvalue weighted by atomic mass is 9.97. The highest BCUT2D eigenvalue weighted by Gasteiger charge is 2.38. The van der Waals surface area contributed by atoms with E-state index in [4.69, 9.17) is 4.74 Å². The fraction of sp³-hybridized carbons (Fsp3) is 0.462. The second kappa shape index (κ2) is 3.69. The van der Waals surface area contributed by atoms with Gasteiger partial charge in [-0.1, -0.05) is 31.2 Å². The van der Waals surface area contributed by atoms with Gasteiger partial charge in [0.1, 0.15) is 5.60 Å². The SMILES string of the molecule is CCC1(OC(C)=O)Cc2ccccc2C1. The number of benzene rings is 1. The summed E-state index contributed by atoms with van der Waals surface area (Å²) in [5.41, 5.74) is 2.36. The smallest absolute Gasteiger partial charge is 0.303 e. The molecule has 80 valence electrons. The van der Waals surface area contributed by atoms with Gasteiger partial charge in [-0.2, -0.15) is 0 Å². The fourth-order valence-corrected chi connectivity index (χ4v) is 2.36. The molecule has 1 aliphatic rings. The predicted molar refractivity (Wildman–Crippen MR) is 58.6 cm³/mol. The van der Waals surface area contributed by atoms with Gasteiger partial charge in [-0.05, 0) is 17.5 Å². The number of hydrogen-bond donors (Lipinski definition) is 0. The van der Waals surface area contributed by atoms with Gasteiger partial charge in [-0.3, -0.25) is 4.79 Å². The van der Waals surface area contributed by atoms with Gasteiger partial charge in [0, 0.05) is 19.8 Å². The molecule has 0 fully saturated rings. The van der Waals surface area contributed by atoms with Gasteiger partial charge < -0.3 is 4.74 Å². The van der Waals surface area contributed by atoms with Crippen molar-refractivity contribution in [1.29, 1.82) is 0 Å². The van der Waals surface area contributed by atoms with Crippen LogP contribution >= 0.6 is 0 Å². The Kier molecular flexibility index (Phi) is 2.51. The number of fused-ring (bicyclic) bond motifs is 1. The number of ether oxygens (including phenoxy) is 1. The Bertz CT molecular complexity index is 357. The highest BCUT2D eigenvalue weighted by molar-refractivity contribution is 5.67. The van der Waals surface area contributed by atoms with Crippen LogP contribution in [0.3, 0.4) is 0 Å². The van der Waals surface area contributed by atoms with Crippen molar-refractivity contribution in [3.63, 3.8) is 0 Å². The molecule has 2 heteroatoms. The summed E-state index contributed by atoms with van der Waals surface area (Å²) in [6.45, 7) is 3.56. The van der Waals surface area contributed by atoms with Crippen LogP contribution in [0.2, 0.25) is 0 Å². The zero-order chi connectivity index (χ0) is 10.9. The van der Waals surface area contributed by atoms with E-state index in [1.165, 1.54) is 18.1 Å². The van der Waals surface area contributed by atoms with Crippen LogP contribution in [0.15, 0.2) is 24.3 Å². The quantitative estimate of drug-likeness (QED) is 0.692. The Morgan fingerprint density at radius 2 is 1.87 bits per heavy atom. The molecule has 2 rings (SSSR count). The normalized spacial score (nSPS) is 17.2. The lowest BCUT2D eigenvalue weighted by molar-refractivity contribution is -0.156. The maximum Gasteiger partial charge on any atom is 0.303 e. The molecule has 0 N–H and O–H groups in total. The van der Waals surface area contributed by atoms with Gasteiger partial charge in [0.25, 0.3) is 0 Å². The Hall–Kier alpha value is -1.31. The Balaban J connectivity index is 2.25. The second-order valence-electron chi connectivity index (χ2n) is 4.25. The first-order chi connectivity index (χ1) is 7.15. The second-order valence-corrected chi connectivity index (χ2v) is 4.25. The maximum absolute atomic E-state index is 11.1. The predicted octanol–water partition coefficient (Wildman–Crippen LogP) is 2.50. The van der Waals surface area contributed by atoms with Crippen molar-refractivity contribution in [3.8, 4) is 0 Å². The molecule has 0 atom stereocenters. The van der Waals surface area contributed by atoms with Crippen molar-refractivity contribution in [2.45, 2.75) is 38.7 Å². The van der Waals surface area contributed by atoms with Crippen molar-refractivity contribution < 1.29 is 9.53 Å². The zero-order valence-corrected chi connectivity index (χ0v) is 9.25. The molecule has 2 nitrogen and oxygen atoms in total. The number of rotatable bonds is 2. The number of hydrogen-bond acceptors (Lipinski definition) is 2. The van der Waals surface area contributed by atoms with Crippen LogP contribution < -0.4 is 0 Å². The third kappa shape index (κ3) is 1.89. The van der Waals surface area contributed by atoms with Crippen molar-refractivity contribution in [3.05, 3.63) is 35.4 Å². The minimum absolute atomic E-state index is 0.176. The van der Waals surface area contributed by atoms with E-state index in [9.17, 15) is 4.79 Å². The molecule has 1 aliphatic carbocycles. The molecule has 0 saturated heterocycles. The molecule has 1 aromatic carbocycles. The van der Waals surface area contributed by atoms with Crippen molar-refractivity contribution in [2.75, 3.05) is 0 Å². The van der Waals surface area contributed by atoms with Crippen LogP contribution in [0.4, 0.5) is 0 Å². The first-order valence-electron chi connectivity index (χ1n) is 5.41. The maximum atomic E-state index is 11.1. The van der Waals surface area contributed by atoms with E-state index in [1.807, 2.05) is 12.1 Å². The van der Waals surface area contributed by atoms with E-state index in [2.05, 4.69) is 19.1 Å².